The molecule has 2 aromatic heterocycles. The van der Waals surface area contributed by atoms with Crippen molar-refractivity contribution in [3.05, 3.63) is 48.0 Å². The predicted octanol–water partition coefficient (Wildman–Crippen LogP) is 2.43. The Morgan fingerprint density at radius 3 is 2.69 bits per heavy atom. The Labute approximate surface area is 164 Å². The summed E-state index contributed by atoms with van der Waals surface area (Å²) in [6.45, 7) is 5.89. The van der Waals surface area contributed by atoms with Gasteiger partial charge in [0.25, 0.3) is 5.91 Å². The number of fused-ring (bicyclic) bond motifs is 1. The van der Waals surface area contributed by atoms with Crippen molar-refractivity contribution >= 4 is 41.5 Å². The molecule has 0 spiro atoms. The molecule has 1 aromatic carbocycles. The van der Waals surface area contributed by atoms with Crippen LogP contribution in [0.25, 0.3) is 16.5 Å². The smallest absolute Gasteiger partial charge is 0.274 e. The van der Waals surface area contributed by atoms with Gasteiger partial charge in [0.05, 0.1) is 11.4 Å². The van der Waals surface area contributed by atoms with Crippen LogP contribution in [0.4, 0.5) is 0 Å². The minimum Gasteiger partial charge on any atom is -0.344 e. The third kappa shape index (κ3) is 4.12. The van der Waals surface area contributed by atoms with E-state index in [4.69, 9.17) is 5.73 Å². The van der Waals surface area contributed by atoms with Gasteiger partial charge in [0.1, 0.15) is 0 Å². The van der Waals surface area contributed by atoms with E-state index in [-0.39, 0.29) is 30.7 Å². The summed E-state index contributed by atoms with van der Waals surface area (Å²) in [7, 11) is 0. The SMILES string of the molecule is Cc1c(C(=O)NC(C)(C)CN)nnn1-c1cccc2cnccc12.Cl.Cl. The summed E-state index contributed by atoms with van der Waals surface area (Å²) in [5.41, 5.74) is 6.99. The summed E-state index contributed by atoms with van der Waals surface area (Å²) in [6, 6.07) is 7.77. The molecule has 2 heterocycles. The van der Waals surface area contributed by atoms with Crippen molar-refractivity contribution < 1.29 is 4.79 Å². The van der Waals surface area contributed by atoms with E-state index in [1.54, 1.807) is 17.1 Å². The number of halogens is 2. The third-order valence-corrected chi connectivity index (χ3v) is 3.96. The Hall–Kier alpha value is -2.22. The maximum Gasteiger partial charge on any atom is 0.274 e. The molecule has 140 valence electrons. The van der Waals surface area contributed by atoms with Crippen LogP contribution >= 0.6 is 24.8 Å². The lowest BCUT2D eigenvalue weighted by molar-refractivity contribution is 0.0910. The molecule has 0 fully saturated rings. The van der Waals surface area contributed by atoms with E-state index >= 15 is 0 Å². The highest BCUT2D eigenvalue weighted by Gasteiger charge is 2.24. The van der Waals surface area contributed by atoms with Gasteiger partial charge in [-0.2, -0.15) is 0 Å². The second kappa shape index (κ2) is 8.44. The van der Waals surface area contributed by atoms with Crippen molar-refractivity contribution in [2.24, 2.45) is 5.73 Å². The topological polar surface area (TPSA) is 98.7 Å². The summed E-state index contributed by atoms with van der Waals surface area (Å²) in [6.07, 6.45) is 3.53. The summed E-state index contributed by atoms with van der Waals surface area (Å²) in [4.78, 5) is 16.6. The molecule has 0 aliphatic rings. The predicted molar refractivity (Wildman–Crippen MR) is 106 cm³/mol. The first-order valence-corrected chi connectivity index (χ1v) is 7.71. The summed E-state index contributed by atoms with van der Waals surface area (Å²) >= 11 is 0. The molecule has 0 unspecified atom stereocenters. The second-order valence-electron chi connectivity index (χ2n) is 6.35. The Kier molecular flexibility index (Phi) is 7.08. The molecule has 3 rings (SSSR count). The minimum atomic E-state index is -0.502. The van der Waals surface area contributed by atoms with Crippen LogP contribution in [0.1, 0.15) is 30.0 Å². The average molecular weight is 397 g/mol. The molecule has 3 N–H and O–H groups in total. The number of nitrogens with two attached hydrogens (primary N) is 1. The fourth-order valence-corrected chi connectivity index (χ4v) is 2.48. The highest BCUT2D eigenvalue weighted by atomic mass is 35.5. The molecule has 1 amide bonds. The lowest BCUT2D eigenvalue weighted by atomic mass is 10.1. The van der Waals surface area contributed by atoms with Gasteiger partial charge in [-0.25, -0.2) is 4.68 Å². The second-order valence-corrected chi connectivity index (χ2v) is 6.35. The normalized spacial score (nSPS) is 10.8. The molecule has 0 atom stereocenters. The first-order valence-electron chi connectivity index (χ1n) is 7.71. The number of benzene rings is 1. The average Bonchev–Trinajstić information content (AvgIpc) is 2.95. The molecule has 0 aliphatic carbocycles. The fraction of sp³-hybridized carbons (Fsp3) is 0.294. The zero-order chi connectivity index (χ0) is 17.3. The number of amides is 1. The van der Waals surface area contributed by atoms with E-state index in [0.717, 1.165) is 16.5 Å². The van der Waals surface area contributed by atoms with E-state index in [1.165, 1.54) is 0 Å². The number of nitrogens with one attached hydrogen (secondary N) is 1. The van der Waals surface area contributed by atoms with Crippen LogP contribution in [-0.2, 0) is 0 Å². The Balaban J connectivity index is 0.00000169. The van der Waals surface area contributed by atoms with Gasteiger partial charge in [-0.05, 0) is 32.9 Å². The molecule has 0 aliphatic heterocycles. The van der Waals surface area contributed by atoms with E-state index in [0.29, 0.717) is 17.9 Å². The Morgan fingerprint density at radius 2 is 2.00 bits per heavy atom. The lowest BCUT2D eigenvalue weighted by Gasteiger charge is -2.23. The van der Waals surface area contributed by atoms with Crippen molar-refractivity contribution in [3.8, 4) is 5.69 Å². The standard InChI is InChI=1S/C17H20N6O.2ClH/c1-11-15(16(24)20-17(2,3)10-18)21-22-23(11)14-6-4-5-12-9-19-8-7-13(12)14;;/h4-9H,10,18H2,1-3H3,(H,20,24);2*1H. The molecule has 0 saturated heterocycles. The third-order valence-electron chi connectivity index (χ3n) is 3.96. The van der Waals surface area contributed by atoms with Gasteiger partial charge in [-0.3, -0.25) is 9.78 Å². The number of pyridine rings is 1. The minimum absolute atomic E-state index is 0. The van der Waals surface area contributed by atoms with Crippen LogP contribution in [0.3, 0.4) is 0 Å². The van der Waals surface area contributed by atoms with E-state index in [1.807, 2.05) is 45.0 Å². The van der Waals surface area contributed by atoms with Crippen molar-refractivity contribution in [2.45, 2.75) is 26.3 Å². The number of carbonyl (C=O) groups is 1. The van der Waals surface area contributed by atoms with Gasteiger partial charge in [0.2, 0.25) is 0 Å². The molecule has 7 nitrogen and oxygen atoms in total. The largest absolute Gasteiger partial charge is 0.344 e. The van der Waals surface area contributed by atoms with Crippen LogP contribution in [0.2, 0.25) is 0 Å². The summed E-state index contributed by atoms with van der Waals surface area (Å²) in [5, 5.41) is 13.1. The van der Waals surface area contributed by atoms with E-state index < -0.39 is 5.54 Å². The van der Waals surface area contributed by atoms with Crippen LogP contribution in [-0.4, -0.2) is 38.0 Å². The zero-order valence-electron chi connectivity index (χ0n) is 14.8. The first kappa shape index (κ1) is 21.8. The van der Waals surface area contributed by atoms with E-state index in [2.05, 4.69) is 20.6 Å². The summed E-state index contributed by atoms with van der Waals surface area (Å²) < 4.78 is 1.67. The number of aromatic nitrogens is 4. The van der Waals surface area contributed by atoms with Gasteiger partial charge in [0.15, 0.2) is 5.69 Å². The molecule has 26 heavy (non-hydrogen) atoms. The van der Waals surface area contributed by atoms with Crippen LogP contribution in [0.15, 0.2) is 36.7 Å². The zero-order valence-corrected chi connectivity index (χ0v) is 16.4. The van der Waals surface area contributed by atoms with Crippen LogP contribution in [0, 0.1) is 6.92 Å². The van der Waals surface area contributed by atoms with Crippen molar-refractivity contribution in [2.75, 3.05) is 6.54 Å². The van der Waals surface area contributed by atoms with E-state index in [9.17, 15) is 4.79 Å². The van der Waals surface area contributed by atoms with Gasteiger partial charge < -0.3 is 11.1 Å². The molecular weight excluding hydrogens is 375 g/mol. The Bertz CT molecular complexity index is 904. The maximum atomic E-state index is 12.5. The number of carbonyl (C=O) groups excluding carboxylic acids is 1. The number of rotatable bonds is 4. The number of hydrogen-bond donors (Lipinski definition) is 2. The molecule has 9 heteroatoms. The molecule has 0 bridgehead atoms. The molecule has 0 saturated carbocycles. The lowest BCUT2D eigenvalue weighted by Crippen LogP contribution is -2.49. The van der Waals surface area contributed by atoms with Crippen LogP contribution in [0.5, 0.6) is 0 Å². The quantitative estimate of drug-likeness (QED) is 0.705. The highest BCUT2D eigenvalue weighted by molar-refractivity contribution is 5.94. The van der Waals surface area contributed by atoms with Crippen molar-refractivity contribution in [1.29, 1.82) is 0 Å². The highest BCUT2D eigenvalue weighted by Crippen LogP contribution is 2.22. The number of nitrogens with zero attached hydrogens (tertiary/aromatic N) is 4. The van der Waals surface area contributed by atoms with Gasteiger partial charge in [0, 0.05) is 35.2 Å². The van der Waals surface area contributed by atoms with Gasteiger partial charge >= 0.3 is 0 Å². The van der Waals surface area contributed by atoms with Gasteiger partial charge in [-0.15, -0.1) is 29.9 Å². The number of hydrogen-bond acceptors (Lipinski definition) is 5. The van der Waals surface area contributed by atoms with Crippen LogP contribution < -0.4 is 11.1 Å². The first-order chi connectivity index (χ1) is 11.4. The maximum absolute atomic E-state index is 12.5. The monoisotopic (exact) mass is 396 g/mol. The van der Waals surface area contributed by atoms with Crippen molar-refractivity contribution in [1.82, 2.24) is 25.3 Å². The van der Waals surface area contributed by atoms with Crippen molar-refractivity contribution in [3.63, 3.8) is 0 Å². The van der Waals surface area contributed by atoms with Gasteiger partial charge in [-0.1, -0.05) is 17.3 Å². The Morgan fingerprint density at radius 1 is 1.27 bits per heavy atom. The summed E-state index contributed by atoms with van der Waals surface area (Å²) in [5.74, 6) is -0.281. The molecular formula is C17H22Cl2N6O. The fourth-order valence-electron chi connectivity index (χ4n) is 2.48. The molecule has 3 aromatic rings. The molecule has 0 radical (unpaired) electrons.